The number of carbonyl (C=O) groups is 2. The smallest absolute Gasteiger partial charge is 0.346 e. The van der Waals surface area contributed by atoms with Crippen LogP contribution in [0.5, 0.6) is 0 Å². The molecule has 0 N–H and O–H groups in total. The predicted molar refractivity (Wildman–Crippen MR) is 104 cm³/mol. The number of amides is 1. The molecule has 0 aliphatic heterocycles. The number of ether oxygens (including phenoxy) is 1. The summed E-state index contributed by atoms with van der Waals surface area (Å²) in [7, 11) is 1.37. The fourth-order valence-corrected chi connectivity index (χ4v) is 4.50. The lowest BCUT2D eigenvalue weighted by atomic mass is 9.81. The van der Waals surface area contributed by atoms with E-state index in [1.54, 1.807) is 4.90 Å². The van der Waals surface area contributed by atoms with Crippen LogP contribution in [0, 0.1) is 11.8 Å². The number of esters is 1. The van der Waals surface area contributed by atoms with Crippen molar-refractivity contribution in [2.45, 2.75) is 64.0 Å². The summed E-state index contributed by atoms with van der Waals surface area (Å²) >= 11 is 4.83. The lowest BCUT2D eigenvalue weighted by molar-refractivity contribution is -0.135. The zero-order valence-electron chi connectivity index (χ0n) is 15.4. The van der Waals surface area contributed by atoms with Crippen molar-refractivity contribution in [2.75, 3.05) is 13.7 Å². The second kappa shape index (κ2) is 10.5. The topological polar surface area (TPSA) is 46.6 Å². The van der Waals surface area contributed by atoms with Crippen molar-refractivity contribution in [3.8, 4) is 0 Å². The van der Waals surface area contributed by atoms with Crippen LogP contribution in [0.2, 0.25) is 0 Å². The molecule has 1 saturated carbocycles. The quantitative estimate of drug-likeness (QED) is 0.333. The molecule has 1 aliphatic rings. The second-order valence-electron chi connectivity index (χ2n) is 6.53. The van der Waals surface area contributed by atoms with Gasteiger partial charge in [-0.25, -0.2) is 4.79 Å². The highest BCUT2D eigenvalue weighted by molar-refractivity contribution is 9.11. The number of alkyl halides is 1. The molecule has 1 unspecified atom stereocenters. The van der Waals surface area contributed by atoms with Gasteiger partial charge in [0.15, 0.2) is 0 Å². The van der Waals surface area contributed by atoms with Gasteiger partial charge in [0.25, 0.3) is 0 Å². The van der Waals surface area contributed by atoms with E-state index in [0.29, 0.717) is 29.5 Å². The Morgan fingerprint density at radius 2 is 1.88 bits per heavy atom. The Bertz CT molecular complexity index is 471. The summed E-state index contributed by atoms with van der Waals surface area (Å²) in [5.74, 6) is 0.975. The van der Waals surface area contributed by atoms with Crippen LogP contribution in [0.3, 0.4) is 0 Å². The minimum absolute atomic E-state index is 0.0650. The molecule has 0 aromatic carbocycles. The van der Waals surface area contributed by atoms with E-state index in [-0.39, 0.29) is 16.0 Å². The molecule has 0 radical (unpaired) electrons. The molecule has 0 bridgehead atoms. The lowest BCUT2D eigenvalue weighted by Gasteiger charge is -2.29. The number of hydrogen-bond donors (Lipinski definition) is 0. The molecule has 1 atom stereocenters. The van der Waals surface area contributed by atoms with Crippen LogP contribution in [-0.4, -0.2) is 34.6 Å². The molecule has 0 spiro atoms. The van der Waals surface area contributed by atoms with E-state index in [4.69, 9.17) is 4.74 Å². The number of carbonyl (C=O) groups excluding carboxylic acids is 2. The molecule has 6 heteroatoms. The van der Waals surface area contributed by atoms with E-state index in [0.717, 1.165) is 18.8 Å². The number of rotatable bonds is 7. The Balaban J connectivity index is 2.88. The normalized spacial score (nSPS) is 23.2. The Hall–Kier alpha value is -0.490. The van der Waals surface area contributed by atoms with E-state index in [9.17, 15) is 9.59 Å². The molecule has 0 heterocycles. The summed E-state index contributed by atoms with van der Waals surface area (Å²) in [5, 5.41) is 0. The highest BCUT2D eigenvalue weighted by Gasteiger charge is 2.26. The Kier molecular flexibility index (Phi) is 9.42. The van der Waals surface area contributed by atoms with Gasteiger partial charge in [-0.3, -0.25) is 4.79 Å². The number of nitrogens with zero attached hydrogens (tertiary/aromatic N) is 1. The first-order valence-corrected chi connectivity index (χ1v) is 10.5. The number of halogens is 1. The van der Waals surface area contributed by atoms with Crippen molar-refractivity contribution in [2.24, 2.45) is 11.8 Å². The van der Waals surface area contributed by atoms with Gasteiger partial charge in [-0.2, -0.15) is 0 Å². The molecule has 1 fully saturated rings. The molecule has 1 amide bonds. The Morgan fingerprint density at radius 1 is 1.29 bits per heavy atom. The third-order valence-corrected chi connectivity index (χ3v) is 6.18. The van der Waals surface area contributed by atoms with E-state index < -0.39 is 0 Å². The average Bonchev–Trinajstić information content (AvgIpc) is 2.54. The molecule has 1 aliphatic carbocycles. The molecule has 138 valence electrons. The fraction of sp³-hybridized carbons (Fsp3) is 0.778. The molecule has 4 nitrogen and oxygen atoms in total. The van der Waals surface area contributed by atoms with Gasteiger partial charge >= 0.3 is 5.97 Å². The monoisotopic (exact) mass is 419 g/mol. The van der Waals surface area contributed by atoms with Crippen LogP contribution in [0.4, 0.5) is 0 Å². The van der Waals surface area contributed by atoms with Crippen LogP contribution in [-0.2, 0) is 14.3 Å². The largest absolute Gasteiger partial charge is 0.465 e. The summed E-state index contributed by atoms with van der Waals surface area (Å²) in [6.45, 7) is 8.57. The summed E-state index contributed by atoms with van der Waals surface area (Å²) in [4.78, 5) is 27.1. The summed E-state index contributed by atoms with van der Waals surface area (Å²) in [5.41, 5.74) is 0.690. The van der Waals surface area contributed by atoms with E-state index >= 15 is 0 Å². The molecule has 0 aromatic rings. The van der Waals surface area contributed by atoms with Crippen molar-refractivity contribution in [3.05, 3.63) is 10.6 Å². The first kappa shape index (κ1) is 21.6. The summed E-state index contributed by atoms with van der Waals surface area (Å²) in [6, 6.07) is 0. The van der Waals surface area contributed by atoms with Gasteiger partial charge in [-0.05, 0) is 45.4 Å². The zero-order chi connectivity index (χ0) is 18.3. The van der Waals surface area contributed by atoms with Crippen LogP contribution in [0.15, 0.2) is 10.6 Å². The molecule has 0 aromatic heterocycles. The van der Waals surface area contributed by atoms with Gasteiger partial charge in [0, 0.05) is 18.7 Å². The van der Waals surface area contributed by atoms with Crippen molar-refractivity contribution >= 4 is 39.6 Å². The molecule has 1 rings (SSSR count). The van der Waals surface area contributed by atoms with Crippen LogP contribution in [0.1, 0.15) is 59.8 Å². The standard InChI is InChI=1S/C18H30BrNO3S/c1-6-20(13(3)17(18(22)23-5)24-14(4)19)16(21)11-15-9-7-12(2)8-10-15/h12,14-15H,6-11H2,1-5H3/b17-13+. The van der Waals surface area contributed by atoms with Crippen molar-refractivity contribution in [1.29, 1.82) is 0 Å². The second-order valence-corrected chi connectivity index (χ2v) is 9.87. The molecular weight excluding hydrogens is 390 g/mol. The maximum atomic E-state index is 12.8. The first-order chi connectivity index (χ1) is 11.3. The van der Waals surface area contributed by atoms with Crippen LogP contribution >= 0.6 is 27.7 Å². The van der Waals surface area contributed by atoms with Gasteiger partial charge < -0.3 is 9.64 Å². The zero-order valence-corrected chi connectivity index (χ0v) is 17.8. The Morgan fingerprint density at radius 3 is 2.33 bits per heavy atom. The minimum atomic E-state index is -0.387. The summed E-state index contributed by atoms with van der Waals surface area (Å²) in [6.07, 6.45) is 5.25. The number of methoxy groups -OCH3 is 1. The van der Waals surface area contributed by atoms with E-state index in [2.05, 4.69) is 22.9 Å². The van der Waals surface area contributed by atoms with Crippen molar-refractivity contribution in [1.82, 2.24) is 4.90 Å². The van der Waals surface area contributed by atoms with E-state index in [1.807, 2.05) is 20.8 Å². The van der Waals surface area contributed by atoms with E-state index in [1.165, 1.54) is 31.7 Å². The fourth-order valence-electron chi connectivity index (χ4n) is 3.15. The Labute approximate surface area is 158 Å². The lowest BCUT2D eigenvalue weighted by Crippen LogP contribution is -2.33. The molecule has 0 saturated heterocycles. The van der Waals surface area contributed by atoms with Gasteiger partial charge in [0.05, 0.1) is 11.3 Å². The maximum Gasteiger partial charge on any atom is 0.346 e. The predicted octanol–water partition coefficient (Wildman–Crippen LogP) is 4.93. The first-order valence-electron chi connectivity index (χ1n) is 8.70. The highest BCUT2D eigenvalue weighted by Crippen LogP contribution is 2.33. The van der Waals surface area contributed by atoms with Crippen LogP contribution < -0.4 is 0 Å². The maximum absolute atomic E-state index is 12.8. The SMILES string of the molecule is CCN(C(=O)CC1CCC(C)CC1)/C(C)=C(/SC(C)Br)C(=O)OC. The highest BCUT2D eigenvalue weighted by atomic mass is 79.9. The van der Waals surface area contributed by atoms with Gasteiger partial charge in [-0.1, -0.05) is 35.7 Å². The number of hydrogen-bond acceptors (Lipinski definition) is 4. The summed E-state index contributed by atoms with van der Waals surface area (Å²) < 4.78 is 4.96. The minimum Gasteiger partial charge on any atom is -0.465 e. The molecule has 24 heavy (non-hydrogen) atoms. The van der Waals surface area contributed by atoms with Gasteiger partial charge in [-0.15, -0.1) is 11.8 Å². The van der Waals surface area contributed by atoms with Crippen molar-refractivity contribution < 1.29 is 14.3 Å². The number of thioether (sulfide) groups is 1. The third kappa shape index (κ3) is 6.43. The van der Waals surface area contributed by atoms with Gasteiger partial charge in [0.1, 0.15) is 4.91 Å². The third-order valence-electron chi connectivity index (χ3n) is 4.60. The van der Waals surface area contributed by atoms with Gasteiger partial charge in [0.2, 0.25) is 5.91 Å². The molecular formula is C18H30BrNO3S. The van der Waals surface area contributed by atoms with Crippen molar-refractivity contribution in [3.63, 3.8) is 0 Å². The average molecular weight is 420 g/mol. The number of allylic oxidation sites excluding steroid dienone is 1. The van der Waals surface area contributed by atoms with Crippen LogP contribution in [0.25, 0.3) is 0 Å².